The normalized spacial score (nSPS) is 12.3. The van der Waals surface area contributed by atoms with E-state index in [2.05, 4.69) is 10.1 Å². The van der Waals surface area contributed by atoms with E-state index in [0.29, 0.717) is 18.1 Å². The van der Waals surface area contributed by atoms with Gasteiger partial charge in [0.15, 0.2) is 5.82 Å². The number of hydrogen-bond acceptors (Lipinski definition) is 6. The third-order valence-corrected chi connectivity index (χ3v) is 4.10. The monoisotopic (exact) mass is 301 g/mol. The first kappa shape index (κ1) is 13.8. The number of para-hydroxylation sites is 1. The molecule has 5 nitrogen and oxygen atoms in total. The highest BCUT2D eigenvalue weighted by atomic mass is 32.1. The van der Waals surface area contributed by atoms with E-state index in [0.717, 1.165) is 16.2 Å². The summed E-state index contributed by atoms with van der Waals surface area (Å²) in [5.74, 6) is 1.84. The summed E-state index contributed by atoms with van der Waals surface area (Å²) in [7, 11) is 1.65. The summed E-state index contributed by atoms with van der Waals surface area (Å²) in [6.45, 7) is 0. The van der Waals surface area contributed by atoms with Crippen LogP contribution in [0.5, 0.6) is 5.75 Å². The predicted octanol–water partition coefficient (Wildman–Crippen LogP) is 2.78. The number of methoxy groups -OCH3 is 1. The molecule has 1 unspecified atom stereocenters. The van der Waals surface area contributed by atoms with E-state index in [4.69, 9.17) is 15.0 Å². The number of ether oxygens (including phenoxy) is 1. The van der Waals surface area contributed by atoms with Gasteiger partial charge >= 0.3 is 0 Å². The minimum absolute atomic E-state index is 0.371. The Morgan fingerprint density at radius 3 is 2.90 bits per heavy atom. The van der Waals surface area contributed by atoms with Crippen LogP contribution in [0.4, 0.5) is 0 Å². The summed E-state index contributed by atoms with van der Waals surface area (Å²) in [5.41, 5.74) is 7.12. The molecule has 2 heterocycles. The van der Waals surface area contributed by atoms with Crippen molar-refractivity contribution < 1.29 is 9.26 Å². The standard InChI is InChI=1S/C15H15N3O2S/c1-19-11-6-3-2-5-10(11)9-13-17-15(20-18-13)14(16)12-7-4-8-21-12/h2-8,14H,9,16H2,1H3. The molecule has 2 N–H and O–H groups in total. The lowest BCUT2D eigenvalue weighted by Crippen LogP contribution is -2.10. The van der Waals surface area contributed by atoms with Crippen LogP contribution >= 0.6 is 11.3 Å². The molecule has 3 rings (SSSR count). The van der Waals surface area contributed by atoms with Crippen molar-refractivity contribution in [1.82, 2.24) is 10.1 Å². The Morgan fingerprint density at radius 2 is 2.14 bits per heavy atom. The Bertz CT molecular complexity index is 709. The van der Waals surface area contributed by atoms with Gasteiger partial charge in [-0.2, -0.15) is 4.98 Å². The van der Waals surface area contributed by atoms with E-state index < -0.39 is 0 Å². The Morgan fingerprint density at radius 1 is 1.29 bits per heavy atom. The van der Waals surface area contributed by atoms with Crippen LogP contribution in [0.3, 0.4) is 0 Å². The molecule has 0 saturated heterocycles. The number of rotatable bonds is 5. The van der Waals surface area contributed by atoms with Crippen molar-refractivity contribution in [2.24, 2.45) is 5.73 Å². The molecule has 2 aromatic heterocycles. The van der Waals surface area contributed by atoms with Crippen molar-refractivity contribution >= 4 is 11.3 Å². The fourth-order valence-corrected chi connectivity index (χ4v) is 2.79. The largest absolute Gasteiger partial charge is 0.496 e. The average Bonchev–Trinajstić information content (AvgIpc) is 3.19. The molecule has 108 valence electrons. The zero-order chi connectivity index (χ0) is 14.7. The number of nitrogens with zero attached hydrogens (tertiary/aromatic N) is 2. The lowest BCUT2D eigenvalue weighted by Gasteiger charge is -2.05. The molecule has 0 aliphatic heterocycles. The highest BCUT2D eigenvalue weighted by Gasteiger charge is 2.18. The summed E-state index contributed by atoms with van der Waals surface area (Å²) in [5, 5.41) is 5.97. The minimum Gasteiger partial charge on any atom is -0.496 e. The molecule has 0 spiro atoms. The Balaban J connectivity index is 1.79. The van der Waals surface area contributed by atoms with Gasteiger partial charge in [-0.3, -0.25) is 0 Å². The molecule has 1 aromatic carbocycles. The highest BCUT2D eigenvalue weighted by Crippen LogP contribution is 2.24. The average molecular weight is 301 g/mol. The van der Waals surface area contributed by atoms with Crippen molar-refractivity contribution in [1.29, 1.82) is 0 Å². The van der Waals surface area contributed by atoms with Crippen molar-refractivity contribution in [3.05, 3.63) is 63.9 Å². The fraction of sp³-hybridized carbons (Fsp3) is 0.200. The number of hydrogen-bond donors (Lipinski definition) is 1. The van der Waals surface area contributed by atoms with Crippen LogP contribution in [0.15, 0.2) is 46.3 Å². The summed E-state index contributed by atoms with van der Waals surface area (Å²) in [6, 6.07) is 11.3. The first-order valence-corrected chi connectivity index (χ1v) is 7.39. The summed E-state index contributed by atoms with van der Waals surface area (Å²) < 4.78 is 10.6. The van der Waals surface area contributed by atoms with Gasteiger partial charge < -0.3 is 15.0 Å². The van der Waals surface area contributed by atoms with Gasteiger partial charge in [0, 0.05) is 16.9 Å². The number of aromatic nitrogens is 2. The van der Waals surface area contributed by atoms with Crippen molar-refractivity contribution in [3.63, 3.8) is 0 Å². The number of thiophene rings is 1. The summed E-state index contributed by atoms with van der Waals surface area (Å²) >= 11 is 1.57. The molecule has 3 aromatic rings. The van der Waals surface area contributed by atoms with Crippen LogP contribution in [-0.4, -0.2) is 17.3 Å². The van der Waals surface area contributed by atoms with E-state index in [-0.39, 0.29) is 6.04 Å². The molecule has 1 atom stereocenters. The molecule has 0 saturated carbocycles. The first-order chi connectivity index (χ1) is 10.3. The van der Waals surface area contributed by atoms with E-state index in [9.17, 15) is 0 Å². The van der Waals surface area contributed by atoms with Crippen LogP contribution < -0.4 is 10.5 Å². The Hall–Kier alpha value is -2.18. The zero-order valence-corrected chi connectivity index (χ0v) is 12.3. The SMILES string of the molecule is COc1ccccc1Cc1noc(C(N)c2cccs2)n1. The fourth-order valence-electron chi connectivity index (χ4n) is 2.07. The van der Waals surface area contributed by atoms with Crippen molar-refractivity contribution in [2.75, 3.05) is 7.11 Å². The minimum atomic E-state index is -0.371. The molecular formula is C15H15N3O2S. The van der Waals surface area contributed by atoms with Crippen LogP contribution in [0.1, 0.15) is 28.2 Å². The van der Waals surface area contributed by atoms with Crippen LogP contribution in [-0.2, 0) is 6.42 Å². The van der Waals surface area contributed by atoms with E-state index in [1.54, 1.807) is 18.4 Å². The van der Waals surface area contributed by atoms with Gasteiger partial charge in [-0.1, -0.05) is 29.4 Å². The number of nitrogens with two attached hydrogens (primary N) is 1. The Kier molecular flexibility index (Phi) is 3.98. The molecule has 0 amide bonds. The van der Waals surface area contributed by atoms with Crippen LogP contribution in [0.25, 0.3) is 0 Å². The summed E-state index contributed by atoms with van der Waals surface area (Å²) in [4.78, 5) is 5.39. The molecule has 21 heavy (non-hydrogen) atoms. The van der Waals surface area contributed by atoms with Crippen molar-refractivity contribution in [2.45, 2.75) is 12.5 Å². The van der Waals surface area contributed by atoms with Gasteiger partial charge in [0.25, 0.3) is 0 Å². The van der Waals surface area contributed by atoms with E-state index in [1.165, 1.54) is 0 Å². The quantitative estimate of drug-likeness (QED) is 0.784. The molecular weight excluding hydrogens is 286 g/mol. The Labute approximate surface area is 126 Å². The van der Waals surface area contributed by atoms with Gasteiger partial charge in [-0.25, -0.2) is 0 Å². The molecule has 0 aliphatic rings. The third kappa shape index (κ3) is 2.96. The summed E-state index contributed by atoms with van der Waals surface area (Å²) in [6.07, 6.45) is 0.546. The van der Waals surface area contributed by atoms with Gasteiger partial charge in [0.1, 0.15) is 11.8 Å². The molecule has 6 heteroatoms. The molecule has 0 bridgehead atoms. The van der Waals surface area contributed by atoms with E-state index in [1.807, 2.05) is 41.8 Å². The van der Waals surface area contributed by atoms with E-state index >= 15 is 0 Å². The van der Waals surface area contributed by atoms with Gasteiger partial charge in [-0.05, 0) is 17.5 Å². The van der Waals surface area contributed by atoms with Gasteiger partial charge in [0.2, 0.25) is 5.89 Å². The van der Waals surface area contributed by atoms with Crippen LogP contribution in [0.2, 0.25) is 0 Å². The second-order valence-corrected chi connectivity index (χ2v) is 5.51. The molecule has 0 aliphatic carbocycles. The van der Waals surface area contributed by atoms with Crippen molar-refractivity contribution in [3.8, 4) is 5.75 Å². The maximum absolute atomic E-state index is 6.11. The smallest absolute Gasteiger partial charge is 0.248 e. The lowest BCUT2D eigenvalue weighted by molar-refractivity contribution is 0.363. The maximum atomic E-state index is 6.11. The first-order valence-electron chi connectivity index (χ1n) is 6.51. The predicted molar refractivity (Wildman–Crippen MR) is 80.4 cm³/mol. The lowest BCUT2D eigenvalue weighted by atomic mass is 10.1. The second kappa shape index (κ2) is 6.07. The highest BCUT2D eigenvalue weighted by molar-refractivity contribution is 7.10. The van der Waals surface area contributed by atoms with Gasteiger partial charge in [-0.15, -0.1) is 11.3 Å². The topological polar surface area (TPSA) is 74.2 Å². The van der Waals surface area contributed by atoms with Crippen LogP contribution in [0, 0.1) is 0 Å². The molecule has 0 radical (unpaired) electrons. The van der Waals surface area contributed by atoms with Gasteiger partial charge in [0.05, 0.1) is 7.11 Å². The second-order valence-electron chi connectivity index (χ2n) is 4.53. The number of benzene rings is 1. The maximum Gasteiger partial charge on any atom is 0.248 e. The zero-order valence-electron chi connectivity index (χ0n) is 11.5. The third-order valence-electron chi connectivity index (χ3n) is 3.14. The molecule has 0 fully saturated rings.